The van der Waals surface area contributed by atoms with Crippen molar-refractivity contribution in [2.24, 2.45) is 0 Å². The summed E-state index contributed by atoms with van der Waals surface area (Å²) in [7, 11) is -0.571. The smallest absolute Gasteiger partial charge is 0.400 e. The van der Waals surface area contributed by atoms with Crippen LogP contribution in [0.25, 0.3) is 6.08 Å². The number of aliphatic hydroxyl groups excluding tert-OH is 1. The molecule has 0 amide bonds. The summed E-state index contributed by atoms with van der Waals surface area (Å²) in [6.45, 7) is 7.80. The average molecular weight is 314 g/mol. The van der Waals surface area contributed by atoms with E-state index < -0.39 is 18.3 Å². The van der Waals surface area contributed by atoms with Gasteiger partial charge in [-0.15, -0.1) is 0 Å². The van der Waals surface area contributed by atoms with E-state index in [0.717, 1.165) is 23.1 Å². The summed E-state index contributed by atoms with van der Waals surface area (Å²) in [4.78, 5) is 11.9. The van der Waals surface area contributed by atoms with Gasteiger partial charge in [0.2, 0.25) is 0 Å². The molecule has 23 heavy (non-hydrogen) atoms. The first-order valence-corrected chi connectivity index (χ1v) is 8.07. The third kappa shape index (κ3) is 2.78. The van der Waals surface area contributed by atoms with Crippen LogP contribution in [0.3, 0.4) is 0 Å². The molecule has 0 spiro atoms. The van der Waals surface area contributed by atoms with E-state index in [1.54, 1.807) is 0 Å². The van der Waals surface area contributed by atoms with Crippen LogP contribution in [-0.2, 0) is 15.7 Å². The Bertz CT molecular complexity index is 660. The molecule has 1 N–H and O–H groups in total. The lowest BCUT2D eigenvalue weighted by Gasteiger charge is -2.32. The Morgan fingerprint density at radius 1 is 1.22 bits per heavy atom. The maximum Gasteiger partial charge on any atom is 0.492 e. The Labute approximate surface area is 137 Å². The molecule has 1 aromatic carbocycles. The quantitative estimate of drug-likeness (QED) is 0.872. The number of aliphatic hydroxyl groups is 1. The van der Waals surface area contributed by atoms with Crippen molar-refractivity contribution in [2.75, 3.05) is 6.61 Å². The molecule has 0 aromatic heterocycles. The van der Waals surface area contributed by atoms with Crippen molar-refractivity contribution in [1.82, 2.24) is 0 Å². The third-order valence-electron chi connectivity index (χ3n) is 5.19. The molecule has 4 nitrogen and oxygen atoms in total. The third-order valence-corrected chi connectivity index (χ3v) is 5.19. The Morgan fingerprint density at radius 2 is 1.87 bits per heavy atom. The Morgan fingerprint density at radius 3 is 2.48 bits per heavy atom. The second kappa shape index (κ2) is 5.58. The number of carbonyl (C=O) groups excluding carboxylic acids is 1. The van der Waals surface area contributed by atoms with Gasteiger partial charge in [-0.3, -0.25) is 4.79 Å². The molecule has 0 saturated carbocycles. The van der Waals surface area contributed by atoms with E-state index in [-0.39, 0.29) is 12.4 Å². The number of hydrogen-bond acceptors (Lipinski definition) is 4. The van der Waals surface area contributed by atoms with E-state index in [4.69, 9.17) is 9.31 Å². The van der Waals surface area contributed by atoms with E-state index in [9.17, 15) is 9.90 Å². The van der Waals surface area contributed by atoms with Crippen LogP contribution in [0, 0.1) is 0 Å². The highest BCUT2D eigenvalue weighted by molar-refractivity contribution is 6.55. The van der Waals surface area contributed by atoms with Gasteiger partial charge in [0, 0.05) is 12.0 Å². The van der Waals surface area contributed by atoms with E-state index in [1.807, 2.05) is 52.0 Å². The first kappa shape index (κ1) is 16.4. The summed E-state index contributed by atoms with van der Waals surface area (Å²) in [5.41, 5.74) is 2.61. The molecule has 1 fully saturated rings. The van der Waals surface area contributed by atoms with Gasteiger partial charge < -0.3 is 14.4 Å². The molecule has 1 aliphatic heterocycles. The second-order valence-corrected chi connectivity index (χ2v) is 7.26. The van der Waals surface area contributed by atoms with E-state index in [1.165, 1.54) is 0 Å². The molecule has 1 aromatic rings. The van der Waals surface area contributed by atoms with Gasteiger partial charge in [-0.25, -0.2) is 0 Å². The van der Waals surface area contributed by atoms with Crippen molar-refractivity contribution >= 4 is 19.0 Å². The fraction of sp³-hybridized carbons (Fsp3) is 0.500. The van der Waals surface area contributed by atoms with Crippen molar-refractivity contribution in [1.29, 1.82) is 0 Å². The summed E-state index contributed by atoms with van der Waals surface area (Å²) >= 11 is 0. The molecule has 5 heteroatoms. The molecule has 122 valence electrons. The van der Waals surface area contributed by atoms with Crippen LogP contribution in [-0.4, -0.2) is 35.8 Å². The molecule has 1 saturated heterocycles. The Balaban J connectivity index is 1.94. The number of Topliss-reactive ketones (excluding diaryl/α,β-unsaturated/α-hetero) is 1. The van der Waals surface area contributed by atoms with E-state index >= 15 is 0 Å². The number of hydrogen-bond donors (Lipinski definition) is 1. The lowest BCUT2D eigenvalue weighted by Crippen LogP contribution is -2.41. The monoisotopic (exact) mass is 314 g/mol. The van der Waals surface area contributed by atoms with Gasteiger partial charge in [-0.05, 0) is 50.7 Å². The van der Waals surface area contributed by atoms with Gasteiger partial charge in [0.25, 0.3) is 0 Å². The number of rotatable bonds is 3. The number of fused-ring (bicyclic) bond motifs is 1. The average Bonchev–Trinajstić information content (AvgIpc) is 2.95. The summed E-state index contributed by atoms with van der Waals surface area (Å²) in [6, 6.07) is 5.72. The van der Waals surface area contributed by atoms with Crippen LogP contribution >= 0.6 is 0 Å². The molecule has 1 aliphatic carbocycles. The minimum absolute atomic E-state index is 0.144. The van der Waals surface area contributed by atoms with Crippen LogP contribution in [0.4, 0.5) is 0 Å². The van der Waals surface area contributed by atoms with Crippen LogP contribution in [0.15, 0.2) is 23.7 Å². The molecular weight excluding hydrogens is 291 g/mol. The summed E-state index contributed by atoms with van der Waals surface area (Å²) in [5, 5.41) is 9.79. The molecule has 0 bridgehead atoms. The summed E-state index contributed by atoms with van der Waals surface area (Å²) < 4.78 is 12.0. The molecule has 1 heterocycles. The topological polar surface area (TPSA) is 55.8 Å². The Hall–Kier alpha value is -1.43. The highest BCUT2D eigenvalue weighted by Gasteiger charge is 2.52. The molecule has 2 aliphatic rings. The van der Waals surface area contributed by atoms with Gasteiger partial charge >= 0.3 is 7.12 Å². The summed E-state index contributed by atoms with van der Waals surface area (Å²) in [5.74, 6) is 0.191. The lowest BCUT2D eigenvalue weighted by molar-refractivity contribution is 0.00578. The van der Waals surface area contributed by atoms with Crippen LogP contribution in [0.2, 0.25) is 0 Å². The predicted octanol–water partition coefficient (Wildman–Crippen LogP) is 2.82. The van der Waals surface area contributed by atoms with E-state index in [0.29, 0.717) is 11.9 Å². The fourth-order valence-corrected chi connectivity index (χ4v) is 3.04. The maximum absolute atomic E-state index is 11.9. The maximum atomic E-state index is 11.9. The zero-order chi connectivity index (χ0) is 16.8. The molecule has 0 atom stereocenters. The van der Waals surface area contributed by atoms with Crippen LogP contribution in [0.5, 0.6) is 0 Å². The molecule has 3 rings (SSSR count). The van der Waals surface area contributed by atoms with Crippen molar-refractivity contribution < 1.29 is 19.2 Å². The molecular formula is C18H23BO4. The van der Waals surface area contributed by atoms with Gasteiger partial charge in [0.05, 0.1) is 17.8 Å². The van der Waals surface area contributed by atoms with Crippen LogP contribution < -0.4 is 0 Å². The van der Waals surface area contributed by atoms with Gasteiger partial charge in [0.15, 0.2) is 5.78 Å². The van der Waals surface area contributed by atoms with E-state index in [2.05, 4.69) is 0 Å². The van der Waals surface area contributed by atoms with Gasteiger partial charge in [0.1, 0.15) is 0 Å². The standard InChI is InChI=1S/C18H23BO4/c1-17(2)18(3,4)23-19(22-17)13(11-20)10-12-6-5-7-15-14(12)8-9-16(15)21/h5-7,10,20H,8-9,11H2,1-4H3. The van der Waals surface area contributed by atoms with Gasteiger partial charge in [-0.2, -0.15) is 0 Å². The summed E-state index contributed by atoms with van der Waals surface area (Å²) in [6.07, 6.45) is 3.22. The Kier molecular flexibility index (Phi) is 3.99. The zero-order valence-corrected chi connectivity index (χ0v) is 14.2. The van der Waals surface area contributed by atoms with Crippen LogP contribution in [0.1, 0.15) is 55.6 Å². The highest BCUT2D eigenvalue weighted by Crippen LogP contribution is 2.39. The van der Waals surface area contributed by atoms with Crippen molar-refractivity contribution in [3.8, 4) is 0 Å². The number of ketones is 1. The molecule has 0 radical (unpaired) electrons. The van der Waals surface area contributed by atoms with Crippen molar-refractivity contribution in [2.45, 2.75) is 51.7 Å². The normalized spacial score (nSPS) is 22.6. The lowest BCUT2D eigenvalue weighted by atomic mass is 9.77. The zero-order valence-electron chi connectivity index (χ0n) is 14.2. The second-order valence-electron chi connectivity index (χ2n) is 7.26. The minimum atomic E-state index is -0.571. The largest absolute Gasteiger partial charge is 0.492 e. The van der Waals surface area contributed by atoms with Crippen molar-refractivity contribution in [3.63, 3.8) is 0 Å². The SMILES string of the molecule is CC1(C)OB(C(=Cc2cccc3c2CCC3=O)CO)OC1(C)C. The fourth-order valence-electron chi connectivity index (χ4n) is 3.04. The molecule has 0 unspecified atom stereocenters. The minimum Gasteiger partial charge on any atom is -0.400 e. The number of carbonyl (C=O) groups is 1. The van der Waals surface area contributed by atoms with Gasteiger partial charge in [-0.1, -0.05) is 24.3 Å². The first-order chi connectivity index (χ1) is 10.7. The first-order valence-electron chi connectivity index (χ1n) is 8.07. The number of benzene rings is 1. The van der Waals surface area contributed by atoms with Crippen molar-refractivity contribution in [3.05, 3.63) is 40.4 Å². The predicted molar refractivity (Wildman–Crippen MR) is 90.2 cm³/mol. The highest BCUT2D eigenvalue weighted by atomic mass is 16.7.